The van der Waals surface area contributed by atoms with Crippen molar-refractivity contribution < 1.29 is 5.11 Å². The number of likely N-dealkylation sites (tertiary alicyclic amines) is 1. The first-order chi connectivity index (χ1) is 10.4. The molecule has 0 bridgehead atoms. The van der Waals surface area contributed by atoms with Crippen LogP contribution in [0.25, 0.3) is 0 Å². The molecule has 1 aromatic rings. The Kier molecular flexibility index (Phi) is 4.32. The number of aliphatic hydroxyl groups excluding tert-OH is 1. The first-order valence-corrected chi connectivity index (χ1v) is 8.54. The predicted molar refractivity (Wildman–Crippen MR) is 87.7 cm³/mol. The largest absolute Gasteiger partial charge is 0.396 e. The number of aliphatic hydroxyl groups is 1. The second kappa shape index (κ2) is 5.95. The molecule has 3 heterocycles. The molecular formula is C17H30N4O. The molecule has 2 fully saturated rings. The molecule has 0 radical (unpaired) electrons. The van der Waals surface area contributed by atoms with E-state index in [0.717, 1.165) is 44.7 Å². The van der Waals surface area contributed by atoms with Crippen molar-refractivity contribution in [3.05, 3.63) is 17.5 Å². The van der Waals surface area contributed by atoms with Crippen LogP contribution in [0.15, 0.2) is 6.07 Å². The lowest BCUT2D eigenvalue weighted by Gasteiger charge is -2.50. The summed E-state index contributed by atoms with van der Waals surface area (Å²) in [5.41, 5.74) is 2.43. The molecule has 0 aromatic carbocycles. The molecular weight excluding hydrogens is 276 g/mol. The van der Waals surface area contributed by atoms with Crippen LogP contribution in [-0.2, 0) is 12.0 Å². The average molecular weight is 306 g/mol. The number of nitrogens with one attached hydrogen (secondary N) is 2. The number of hydrogen-bond acceptors (Lipinski definition) is 4. The quantitative estimate of drug-likeness (QED) is 0.794. The highest BCUT2D eigenvalue weighted by Crippen LogP contribution is 2.37. The topological polar surface area (TPSA) is 64.2 Å². The van der Waals surface area contributed by atoms with E-state index >= 15 is 0 Å². The lowest BCUT2D eigenvalue weighted by atomic mass is 9.71. The Morgan fingerprint density at radius 1 is 1.45 bits per heavy atom. The summed E-state index contributed by atoms with van der Waals surface area (Å²) in [4.78, 5) is 2.47. The van der Waals surface area contributed by atoms with Crippen LogP contribution in [0.2, 0.25) is 0 Å². The number of H-pyrrole nitrogens is 1. The van der Waals surface area contributed by atoms with E-state index in [-0.39, 0.29) is 17.4 Å². The van der Waals surface area contributed by atoms with Crippen LogP contribution >= 0.6 is 0 Å². The summed E-state index contributed by atoms with van der Waals surface area (Å²) < 4.78 is 0. The molecule has 5 heteroatoms. The molecule has 3 rings (SSSR count). The highest BCUT2D eigenvalue weighted by Gasteiger charge is 2.44. The van der Waals surface area contributed by atoms with Crippen LogP contribution in [0.4, 0.5) is 0 Å². The van der Waals surface area contributed by atoms with Gasteiger partial charge in [0.2, 0.25) is 0 Å². The monoisotopic (exact) mass is 306 g/mol. The van der Waals surface area contributed by atoms with Crippen LogP contribution in [-0.4, -0.2) is 52.5 Å². The molecule has 2 aliphatic rings. The standard InChI is InChI=1S/C17H30N4O/c1-16(2,3)15-9-13(19-20-15)10-21-8-5-14-17(11-21,12-22)6-4-7-18-14/h9,14,18,22H,4-8,10-12H2,1-3H3,(H,19,20)/t14-,17-/m1/s1. The fraction of sp³-hybridized carbons (Fsp3) is 0.824. The summed E-state index contributed by atoms with van der Waals surface area (Å²) in [5.74, 6) is 0. The fourth-order valence-electron chi connectivity index (χ4n) is 3.98. The molecule has 2 saturated heterocycles. The van der Waals surface area contributed by atoms with E-state index in [2.05, 4.69) is 47.3 Å². The zero-order valence-electron chi connectivity index (χ0n) is 14.2. The Bertz CT molecular complexity index is 507. The Morgan fingerprint density at radius 3 is 2.95 bits per heavy atom. The van der Waals surface area contributed by atoms with Crippen molar-refractivity contribution in [1.82, 2.24) is 20.4 Å². The Hall–Kier alpha value is -0.910. The summed E-state index contributed by atoms with van der Waals surface area (Å²) in [6.07, 6.45) is 3.43. The van der Waals surface area contributed by atoms with Gasteiger partial charge in [-0.15, -0.1) is 0 Å². The number of rotatable bonds is 3. The summed E-state index contributed by atoms with van der Waals surface area (Å²) >= 11 is 0. The van der Waals surface area contributed by atoms with Crippen molar-refractivity contribution in [3.8, 4) is 0 Å². The van der Waals surface area contributed by atoms with Gasteiger partial charge in [0, 0.05) is 42.2 Å². The smallest absolute Gasteiger partial charge is 0.0678 e. The van der Waals surface area contributed by atoms with E-state index in [1.807, 2.05) is 0 Å². The number of nitrogens with zero attached hydrogens (tertiary/aromatic N) is 2. The maximum absolute atomic E-state index is 9.98. The van der Waals surface area contributed by atoms with Gasteiger partial charge in [-0.05, 0) is 31.9 Å². The molecule has 0 aliphatic carbocycles. The lowest BCUT2D eigenvalue weighted by Crippen LogP contribution is -2.61. The molecule has 0 saturated carbocycles. The van der Waals surface area contributed by atoms with Gasteiger partial charge in [-0.25, -0.2) is 0 Å². The fourth-order valence-corrected chi connectivity index (χ4v) is 3.98. The van der Waals surface area contributed by atoms with Crippen LogP contribution in [0.3, 0.4) is 0 Å². The minimum Gasteiger partial charge on any atom is -0.396 e. The van der Waals surface area contributed by atoms with Gasteiger partial charge in [-0.1, -0.05) is 20.8 Å². The second-order valence-electron chi connectivity index (χ2n) is 8.16. The van der Waals surface area contributed by atoms with Crippen molar-refractivity contribution in [3.63, 3.8) is 0 Å². The van der Waals surface area contributed by atoms with Crippen molar-refractivity contribution >= 4 is 0 Å². The third-order valence-corrected chi connectivity index (χ3v) is 5.36. The molecule has 22 heavy (non-hydrogen) atoms. The second-order valence-corrected chi connectivity index (χ2v) is 8.16. The Balaban J connectivity index is 1.67. The lowest BCUT2D eigenvalue weighted by molar-refractivity contribution is -0.0226. The number of aromatic nitrogens is 2. The number of fused-ring (bicyclic) bond motifs is 1. The van der Waals surface area contributed by atoms with E-state index in [1.165, 1.54) is 12.1 Å². The number of piperidine rings is 2. The van der Waals surface area contributed by atoms with E-state index < -0.39 is 0 Å². The van der Waals surface area contributed by atoms with E-state index in [0.29, 0.717) is 6.04 Å². The highest BCUT2D eigenvalue weighted by molar-refractivity contribution is 5.16. The first-order valence-electron chi connectivity index (χ1n) is 8.54. The SMILES string of the molecule is CC(C)(C)c1cc(CN2CC[C@H]3NCCC[C@]3(CO)C2)[nH]n1. The van der Waals surface area contributed by atoms with E-state index in [4.69, 9.17) is 0 Å². The van der Waals surface area contributed by atoms with Gasteiger partial charge in [0.15, 0.2) is 0 Å². The van der Waals surface area contributed by atoms with Crippen LogP contribution in [0.1, 0.15) is 51.4 Å². The van der Waals surface area contributed by atoms with E-state index in [1.54, 1.807) is 0 Å². The molecule has 124 valence electrons. The molecule has 0 unspecified atom stereocenters. The van der Waals surface area contributed by atoms with Crippen LogP contribution in [0, 0.1) is 5.41 Å². The zero-order chi connectivity index (χ0) is 15.8. The summed E-state index contributed by atoms with van der Waals surface area (Å²) in [7, 11) is 0. The van der Waals surface area contributed by atoms with Crippen LogP contribution < -0.4 is 5.32 Å². The number of aromatic amines is 1. The molecule has 0 amide bonds. The van der Waals surface area contributed by atoms with Crippen molar-refractivity contribution in [2.45, 2.75) is 58.0 Å². The maximum atomic E-state index is 9.98. The molecule has 5 nitrogen and oxygen atoms in total. The summed E-state index contributed by atoms with van der Waals surface area (Å²) in [6.45, 7) is 10.9. The zero-order valence-corrected chi connectivity index (χ0v) is 14.2. The van der Waals surface area contributed by atoms with Crippen molar-refractivity contribution in [2.24, 2.45) is 5.41 Å². The first kappa shape index (κ1) is 16.0. The predicted octanol–water partition coefficient (Wildman–Crippen LogP) is 1.64. The third kappa shape index (κ3) is 3.07. The molecule has 3 N–H and O–H groups in total. The van der Waals surface area contributed by atoms with Crippen LogP contribution in [0.5, 0.6) is 0 Å². The van der Waals surface area contributed by atoms with Gasteiger partial charge < -0.3 is 10.4 Å². The van der Waals surface area contributed by atoms with E-state index in [9.17, 15) is 5.11 Å². The molecule has 2 atom stereocenters. The summed E-state index contributed by atoms with van der Waals surface area (Å²) in [5, 5.41) is 21.3. The molecule has 2 aliphatic heterocycles. The highest BCUT2D eigenvalue weighted by atomic mass is 16.3. The van der Waals surface area contributed by atoms with Gasteiger partial charge in [-0.3, -0.25) is 10.00 Å². The average Bonchev–Trinajstić information content (AvgIpc) is 2.95. The van der Waals surface area contributed by atoms with Gasteiger partial charge in [0.05, 0.1) is 12.3 Å². The molecule has 1 aromatic heterocycles. The van der Waals surface area contributed by atoms with Gasteiger partial charge >= 0.3 is 0 Å². The Labute approximate surface area is 133 Å². The minimum atomic E-state index is 0.0450. The number of hydrogen-bond donors (Lipinski definition) is 3. The van der Waals surface area contributed by atoms with Gasteiger partial charge in [0.1, 0.15) is 0 Å². The maximum Gasteiger partial charge on any atom is 0.0678 e. The summed E-state index contributed by atoms with van der Waals surface area (Å²) in [6, 6.07) is 2.67. The minimum absolute atomic E-state index is 0.0450. The normalized spacial score (nSPS) is 30.3. The third-order valence-electron chi connectivity index (χ3n) is 5.36. The molecule has 0 spiro atoms. The van der Waals surface area contributed by atoms with Crippen molar-refractivity contribution in [1.29, 1.82) is 0 Å². The Morgan fingerprint density at radius 2 is 2.27 bits per heavy atom. The van der Waals surface area contributed by atoms with Gasteiger partial charge in [0.25, 0.3) is 0 Å². The van der Waals surface area contributed by atoms with Crippen molar-refractivity contribution in [2.75, 3.05) is 26.2 Å². The van der Waals surface area contributed by atoms with Gasteiger partial charge in [-0.2, -0.15) is 5.10 Å².